The number of likely N-dealkylation sites (tertiary alicyclic amines) is 1. The van der Waals surface area contributed by atoms with Gasteiger partial charge in [0.15, 0.2) is 0 Å². The first-order chi connectivity index (χ1) is 8.80. The monoisotopic (exact) mass is 270 g/mol. The van der Waals surface area contributed by atoms with E-state index in [1.54, 1.807) is 4.90 Å². The molecule has 5 heteroatoms. The van der Waals surface area contributed by atoms with Gasteiger partial charge in [-0.2, -0.15) is 0 Å². The third-order valence-electron chi connectivity index (χ3n) is 3.83. The lowest BCUT2D eigenvalue weighted by atomic mass is 9.80. The first kappa shape index (κ1) is 14.6. The zero-order valence-electron chi connectivity index (χ0n) is 12.2. The molecule has 1 spiro atoms. The predicted molar refractivity (Wildman–Crippen MR) is 73.0 cm³/mol. The molecule has 1 amide bonds. The highest BCUT2D eigenvalue weighted by molar-refractivity contribution is 5.68. The standard InChI is InChI=1S/C14H26N2O3/c1-13(2,3)19-12(18)16-8-4-6-14(10-16)9-11(17)5-7-15-14/h11,15,17H,4-10H2,1-3H3. The summed E-state index contributed by atoms with van der Waals surface area (Å²) >= 11 is 0. The Labute approximate surface area is 115 Å². The van der Waals surface area contributed by atoms with E-state index >= 15 is 0 Å². The van der Waals surface area contributed by atoms with E-state index in [9.17, 15) is 9.90 Å². The number of aliphatic hydroxyl groups is 1. The summed E-state index contributed by atoms with van der Waals surface area (Å²) in [5.41, 5.74) is -0.575. The van der Waals surface area contributed by atoms with Crippen molar-refractivity contribution in [3.63, 3.8) is 0 Å². The Bertz CT molecular complexity index is 336. The molecule has 0 radical (unpaired) electrons. The Morgan fingerprint density at radius 2 is 2.21 bits per heavy atom. The molecule has 2 saturated heterocycles. The number of nitrogens with one attached hydrogen (secondary N) is 1. The minimum absolute atomic E-state index is 0.118. The van der Waals surface area contributed by atoms with Gasteiger partial charge in [0.2, 0.25) is 0 Å². The van der Waals surface area contributed by atoms with Crippen LogP contribution in [-0.4, -0.2) is 53.0 Å². The zero-order valence-corrected chi connectivity index (χ0v) is 12.2. The van der Waals surface area contributed by atoms with Crippen molar-refractivity contribution in [3.05, 3.63) is 0 Å². The average Bonchev–Trinajstić information content (AvgIpc) is 2.26. The number of piperidine rings is 2. The lowest BCUT2D eigenvalue weighted by molar-refractivity contribution is -0.00428. The minimum Gasteiger partial charge on any atom is -0.444 e. The van der Waals surface area contributed by atoms with E-state index in [0.29, 0.717) is 6.54 Å². The molecule has 0 aromatic carbocycles. The fourth-order valence-corrected chi connectivity index (χ4v) is 3.05. The summed E-state index contributed by atoms with van der Waals surface area (Å²) < 4.78 is 5.43. The number of ether oxygens (including phenoxy) is 1. The molecule has 2 aliphatic rings. The third kappa shape index (κ3) is 3.83. The molecular weight excluding hydrogens is 244 g/mol. The van der Waals surface area contributed by atoms with Crippen LogP contribution in [0.3, 0.4) is 0 Å². The largest absolute Gasteiger partial charge is 0.444 e. The van der Waals surface area contributed by atoms with Gasteiger partial charge in [-0.15, -0.1) is 0 Å². The van der Waals surface area contributed by atoms with Crippen LogP contribution in [0.15, 0.2) is 0 Å². The second-order valence-electron chi connectivity index (χ2n) is 6.86. The quantitative estimate of drug-likeness (QED) is 0.700. The number of rotatable bonds is 0. The minimum atomic E-state index is -0.457. The van der Waals surface area contributed by atoms with Crippen molar-refractivity contribution in [2.75, 3.05) is 19.6 Å². The van der Waals surface area contributed by atoms with Crippen LogP contribution in [0, 0.1) is 0 Å². The van der Waals surface area contributed by atoms with Gasteiger partial charge in [-0.3, -0.25) is 0 Å². The van der Waals surface area contributed by atoms with Crippen molar-refractivity contribution < 1.29 is 14.6 Å². The molecule has 0 aromatic rings. The maximum absolute atomic E-state index is 12.1. The number of amides is 1. The van der Waals surface area contributed by atoms with Gasteiger partial charge >= 0.3 is 6.09 Å². The lowest BCUT2D eigenvalue weighted by Gasteiger charge is -2.47. The van der Waals surface area contributed by atoms with Crippen molar-refractivity contribution in [1.29, 1.82) is 0 Å². The summed E-state index contributed by atoms with van der Waals surface area (Å²) in [6, 6.07) is 0. The number of hydrogen-bond acceptors (Lipinski definition) is 4. The van der Waals surface area contributed by atoms with Crippen LogP contribution in [0.25, 0.3) is 0 Å². The molecule has 0 aromatic heterocycles. The van der Waals surface area contributed by atoms with Gasteiger partial charge in [0, 0.05) is 18.6 Å². The van der Waals surface area contributed by atoms with E-state index in [2.05, 4.69) is 5.32 Å². The van der Waals surface area contributed by atoms with Gasteiger partial charge in [0.05, 0.1) is 6.10 Å². The molecule has 2 unspecified atom stereocenters. The molecule has 2 N–H and O–H groups in total. The predicted octanol–water partition coefficient (Wildman–Crippen LogP) is 1.50. The molecular formula is C14H26N2O3. The van der Waals surface area contributed by atoms with E-state index < -0.39 is 5.60 Å². The van der Waals surface area contributed by atoms with Crippen molar-refractivity contribution in [2.45, 2.75) is 63.7 Å². The fraction of sp³-hybridized carbons (Fsp3) is 0.929. The van der Waals surface area contributed by atoms with Crippen molar-refractivity contribution in [2.24, 2.45) is 0 Å². The Kier molecular flexibility index (Phi) is 4.06. The van der Waals surface area contributed by atoms with Crippen molar-refractivity contribution in [1.82, 2.24) is 10.2 Å². The summed E-state index contributed by atoms with van der Waals surface area (Å²) in [6.45, 7) is 7.85. The van der Waals surface area contributed by atoms with Crippen LogP contribution >= 0.6 is 0 Å². The van der Waals surface area contributed by atoms with E-state index in [0.717, 1.165) is 38.8 Å². The molecule has 2 rings (SSSR count). The van der Waals surface area contributed by atoms with Crippen LogP contribution < -0.4 is 5.32 Å². The van der Waals surface area contributed by atoms with E-state index in [4.69, 9.17) is 4.74 Å². The smallest absolute Gasteiger partial charge is 0.410 e. The summed E-state index contributed by atoms with van der Waals surface area (Å²) in [6.07, 6.45) is 3.01. The average molecular weight is 270 g/mol. The van der Waals surface area contributed by atoms with Crippen LogP contribution in [0.4, 0.5) is 4.79 Å². The van der Waals surface area contributed by atoms with Gasteiger partial charge in [0.25, 0.3) is 0 Å². The van der Waals surface area contributed by atoms with Gasteiger partial charge in [-0.05, 0) is 53.0 Å². The Morgan fingerprint density at radius 1 is 1.47 bits per heavy atom. The van der Waals surface area contributed by atoms with E-state index in [-0.39, 0.29) is 17.7 Å². The number of hydrogen-bond donors (Lipinski definition) is 2. The SMILES string of the molecule is CC(C)(C)OC(=O)N1CCCC2(CC(O)CCN2)C1. The summed E-state index contributed by atoms with van der Waals surface area (Å²) in [5.74, 6) is 0. The first-order valence-corrected chi connectivity index (χ1v) is 7.21. The van der Waals surface area contributed by atoms with Crippen LogP contribution in [0.5, 0.6) is 0 Å². The van der Waals surface area contributed by atoms with E-state index in [1.165, 1.54) is 0 Å². The van der Waals surface area contributed by atoms with E-state index in [1.807, 2.05) is 20.8 Å². The van der Waals surface area contributed by atoms with Crippen LogP contribution in [0.2, 0.25) is 0 Å². The molecule has 2 fully saturated rings. The summed E-state index contributed by atoms with van der Waals surface area (Å²) in [7, 11) is 0. The lowest BCUT2D eigenvalue weighted by Crippen LogP contribution is -2.62. The molecule has 0 aliphatic carbocycles. The number of carbonyl (C=O) groups excluding carboxylic acids is 1. The molecule has 2 heterocycles. The van der Waals surface area contributed by atoms with Crippen molar-refractivity contribution >= 4 is 6.09 Å². The first-order valence-electron chi connectivity index (χ1n) is 7.21. The number of aliphatic hydroxyl groups excluding tert-OH is 1. The zero-order chi connectivity index (χ0) is 14.1. The topological polar surface area (TPSA) is 61.8 Å². The highest BCUT2D eigenvalue weighted by atomic mass is 16.6. The summed E-state index contributed by atoms with van der Waals surface area (Å²) in [4.78, 5) is 13.9. The summed E-state index contributed by atoms with van der Waals surface area (Å²) in [5, 5.41) is 13.4. The van der Waals surface area contributed by atoms with Crippen LogP contribution in [-0.2, 0) is 4.74 Å². The second kappa shape index (κ2) is 5.29. The molecule has 2 atom stereocenters. The highest BCUT2D eigenvalue weighted by Crippen LogP contribution is 2.30. The van der Waals surface area contributed by atoms with Crippen LogP contribution in [0.1, 0.15) is 46.5 Å². The molecule has 0 bridgehead atoms. The molecule has 0 saturated carbocycles. The van der Waals surface area contributed by atoms with Crippen molar-refractivity contribution in [3.8, 4) is 0 Å². The molecule has 5 nitrogen and oxygen atoms in total. The van der Waals surface area contributed by atoms with Gasteiger partial charge in [-0.25, -0.2) is 4.79 Å². The Morgan fingerprint density at radius 3 is 2.84 bits per heavy atom. The highest BCUT2D eigenvalue weighted by Gasteiger charge is 2.41. The van der Waals surface area contributed by atoms with Gasteiger partial charge in [-0.1, -0.05) is 0 Å². The third-order valence-corrected chi connectivity index (χ3v) is 3.83. The maximum Gasteiger partial charge on any atom is 0.410 e. The fourth-order valence-electron chi connectivity index (χ4n) is 3.05. The molecule has 110 valence electrons. The second-order valence-corrected chi connectivity index (χ2v) is 6.86. The van der Waals surface area contributed by atoms with Gasteiger partial charge < -0.3 is 20.1 Å². The van der Waals surface area contributed by atoms with Gasteiger partial charge in [0.1, 0.15) is 5.60 Å². The number of nitrogens with zero attached hydrogens (tertiary/aromatic N) is 1. The molecule has 2 aliphatic heterocycles. The Hall–Kier alpha value is -0.810. The molecule has 19 heavy (non-hydrogen) atoms. The maximum atomic E-state index is 12.1. The Balaban J connectivity index is 1.98. The number of carbonyl (C=O) groups is 1. The normalized spacial score (nSPS) is 32.4.